The Morgan fingerprint density at radius 1 is 1.06 bits per heavy atom. The molecule has 1 aliphatic heterocycles. The zero-order valence-electron chi connectivity index (χ0n) is 17.9. The van der Waals surface area contributed by atoms with Crippen LogP contribution in [0.1, 0.15) is 29.8 Å². The van der Waals surface area contributed by atoms with Gasteiger partial charge in [0.05, 0.1) is 13.2 Å². The van der Waals surface area contributed by atoms with E-state index in [1.807, 2.05) is 12.1 Å². The van der Waals surface area contributed by atoms with Gasteiger partial charge in [-0.3, -0.25) is 19.7 Å². The first-order chi connectivity index (χ1) is 14.8. The minimum atomic E-state index is -1.08. The summed E-state index contributed by atoms with van der Waals surface area (Å²) in [5.74, 6) is -1.21. The minimum absolute atomic E-state index is 0.396. The average Bonchev–Trinajstić information content (AvgIpc) is 2.77. The van der Waals surface area contributed by atoms with Gasteiger partial charge in [0.1, 0.15) is 6.04 Å². The number of morpholine rings is 1. The summed E-state index contributed by atoms with van der Waals surface area (Å²) in [5.41, 5.74) is 10.1. The second-order valence-electron chi connectivity index (χ2n) is 8.37. The highest BCUT2D eigenvalue weighted by molar-refractivity contribution is 5.98. The van der Waals surface area contributed by atoms with E-state index in [0.717, 1.165) is 44.0 Å². The van der Waals surface area contributed by atoms with Crippen molar-refractivity contribution in [2.75, 3.05) is 26.3 Å². The van der Waals surface area contributed by atoms with Crippen LogP contribution in [-0.2, 0) is 16.1 Å². The number of carbonyl (C=O) groups excluding carboxylic acids is 2. The molecule has 1 unspecified atom stereocenters. The third-order valence-corrected chi connectivity index (χ3v) is 5.34. The van der Waals surface area contributed by atoms with Crippen LogP contribution in [-0.4, -0.2) is 59.8 Å². The van der Waals surface area contributed by atoms with Crippen molar-refractivity contribution in [2.24, 2.45) is 5.73 Å². The Hall–Kier alpha value is -2.78. The van der Waals surface area contributed by atoms with Crippen molar-refractivity contribution in [3.05, 3.63) is 59.7 Å². The third-order valence-electron chi connectivity index (χ3n) is 5.34. The maximum atomic E-state index is 12.6. The lowest BCUT2D eigenvalue weighted by Crippen LogP contribution is -2.61. The van der Waals surface area contributed by atoms with Gasteiger partial charge in [-0.05, 0) is 42.7 Å². The molecule has 0 bridgehead atoms. The second kappa shape index (κ2) is 10.0. The van der Waals surface area contributed by atoms with Crippen molar-refractivity contribution in [1.82, 2.24) is 15.7 Å². The zero-order valence-corrected chi connectivity index (χ0v) is 17.9. The normalized spacial score (nSPS) is 15.9. The average molecular weight is 427 g/mol. The second-order valence-corrected chi connectivity index (χ2v) is 8.37. The van der Waals surface area contributed by atoms with Crippen molar-refractivity contribution < 1.29 is 19.5 Å². The van der Waals surface area contributed by atoms with Gasteiger partial charge in [-0.1, -0.05) is 36.4 Å². The van der Waals surface area contributed by atoms with Gasteiger partial charge >= 0.3 is 0 Å². The quantitative estimate of drug-likeness (QED) is 0.394. The van der Waals surface area contributed by atoms with Gasteiger partial charge < -0.3 is 15.8 Å². The fraction of sp³-hybridized carbons (Fsp3) is 0.391. The molecular weight excluding hydrogens is 396 g/mol. The van der Waals surface area contributed by atoms with E-state index in [0.29, 0.717) is 5.56 Å². The van der Waals surface area contributed by atoms with E-state index in [1.54, 1.807) is 31.5 Å². The number of benzene rings is 2. The van der Waals surface area contributed by atoms with Gasteiger partial charge in [-0.2, -0.15) is 0 Å². The van der Waals surface area contributed by atoms with E-state index in [-0.39, 0.29) is 0 Å². The smallest absolute Gasteiger partial charge is 0.267 e. The molecule has 0 saturated carbocycles. The summed E-state index contributed by atoms with van der Waals surface area (Å²) in [6, 6.07) is 14.4. The molecule has 2 amide bonds. The van der Waals surface area contributed by atoms with E-state index in [9.17, 15) is 9.59 Å². The number of carbonyl (C=O) groups is 2. The summed E-state index contributed by atoms with van der Waals surface area (Å²) in [5, 5.41) is 11.5. The van der Waals surface area contributed by atoms with Crippen LogP contribution in [0.25, 0.3) is 11.1 Å². The molecule has 0 aliphatic carbocycles. The maximum Gasteiger partial charge on any atom is 0.267 e. The molecule has 1 heterocycles. The third kappa shape index (κ3) is 6.11. The molecule has 2 aromatic carbocycles. The summed E-state index contributed by atoms with van der Waals surface area (Å²) in [4.78, 5) is 26.8. The number of nitrogens with two attached hydrogens (primary N) is 1. The van der Waals surface area contributed by atoms with Crippen molar-refractivity contribution in [3.8, 4) is 11.1 Å². The molecule has 0 spiro atoms. The van der Waals surface area contributed by atoms with Crippen molar-refractivity contribution in [3.63, 3.8) is 0 Å². The standard InChI is InChI=1S/C23H30N4O4/c1-23(2,24)20(22(29)26-30)25-21(28)19-9-7-18(8-10-19)17-5-3-16(4-6-17)15-27-11-13-31-14-12-27/h3-10,20,30H,11-15,24H2,1-2H3,(H,25,28)(H,26,29). The highest BCUT2D eigenvalue weighted by Crippen LogP contribution is 2.21. The molecule has 166 valence electrons. The highest BCUT2D eigenvalue weighted by Gasteiger charge is 2.33. The Labute approximate surface area is 182 Å². The number of nitrogens with zero attached hydrogens (tertiary/aromatic N) is 1. The summed E-state index contributed by atoms with van der Waals surface area (Å²) in [7, 11) is 0. The Morgan fingerprint density at radius 2 is 1.61 bits per heavy atom. The Kier molecular flexibility index (Phi) is 7.40. The fourth-order valence-corrected chi connectivity index (χ4v) is 3.50. The fourth-order valence-electron chi connectivity index (χ4n) is 3.50. The Morgan fingerprint density at radius 3 is 2.13 bits per heavy atom. The van der Waals surface area contributed by atoms with Crippen molar-refractivity contribution in [2.45, 2.75) is 32.0 Å². The Bertz CT molecular complexity index is 885. The summed E-state index contributed by atoms with van der Waals surface area (Å²) in [6.45, 7) is 7.57. The Balaban J connectivity index is 1.65. The van der Waals surface area contributed by atoms with E-state index in [2.05, 4.69) is 34.5 Å². The van der Waals surface area contributed by atoms with Crippen LogP contribution < -0.4 is 16.5 Å². The molecule has 8 nitrogen and oxygen atoms in total. The SMILES string of the molecule is CC(C)(N)C(NC(=O)c1ccc(-c2ccc(CN3CCOCC3)cc2)cc1)C(=O)NO. The molecule has 2 aromatic rings. The minimum Gasteiger partial charge on any atom is -0.379 e. The molecule has 8 heteroatoms. The van der Waals surface area contributed by atoms with E-state index < -0.39 is 23.4 Å². The van der Waals surface area contributed by atoms with Crippen LogP contribution in [0.4, 0.5) is 0 Å². The van der Waals surface area contributed by atoms with Crippen LogP contribution >= 0.6 is 0 Å². The first-order valence-corrected chi connectivity index (χ1v) is 10.3. The van der Waals surface area contributed by atoms with Crippen LogP contribution in [0.5, 0.6) is 0 Å². The molecule has 0 radical (unpaired) electrons. The summed E-state index contributed by atoms with van der Waals surface area (Å²) < 4.78 is 5.39. The lowest BCUT2D eigenvalue weighted by atomic mass is 9.94. The van der Waals surface area contributed by atoms with Gasteiger partial charge in [0, 0.05) is 30.7 Å². The van der Waals surface area contributed by atoms with Crippen molar-refractivity contribution >= 4 is 11.8 Å². The first-order valence-electron chi connectivity index (χ1n) is 10.3. The number of hydrogen-bond donors (Lipinski definition) is 4. The van der Waals surface area contributed by atoms with E-state index in [1.165, 1.54) is 5.56 Å². The number of amides is 2. The maximum absolute atomic E-state index is 12.6. The van der Waals surface area contributed by atoms with E-state index >= 15 is 0 Å². The van der Waals surface area contributed by atoms with Gasteiger partial charge in [-0.25, -0.2) is 5.48 Å². The first kappa shape index (κ1) is 22.9. The van der Waals surface area contributed by atoms with Crippen LogP contribution in [0.15, 0.2) is 48.5 Å². The number of ether oxygens (including phenoxy) is 1. The molecule has 1 fully saturated rings. The molecule has 0 aromatic heterocycles. The monoisotopic (exact) mass is 426 g/mol. The van der Waals surface area contributed by atoms with Gasteiger partial charge in [0.2, 0.25) is 0 Å². The number of hydrogen-bond acceptors (Lipinski definition) is 6. The summed E-state index contributed by atoms with van der Waals surface area (Å²) in [6.07, 6.45) is 0. The topological polar surface area (TPSA) is 117 Å². The summed E-state index contributed by atoms with van der Waals surface area (Å²) >= 11 is 0. The molecule has 3 rings (SSSR count). The molecule has 5 N–H and O–H groups in total. The van der Waals surface area contributed by atoms with Gasteiger partial charge in [-0.15, -0.1) is 0 Å². The van der Waals surface area contributed by atoms with E-state index in [4.69, 9.17) is 15.7 Å². The molecule has 31 heavy (non-hydrogen) atoms. The lowest BCUT2D eigenvalue weighted by molar-refractivity contribution is -0.132. The number of hydroxylamine groups is 1. The van der Waals surface area contributed by atoms with Crippen LogP contribution in [0, 0.1) is 0 Å². The predicted molar refractivity (Wildman–Crippen MR) is 117 cm³/mol. The van der Waals surface area contributed by atoms with Crippen LogP contribution in [0.3, 0.4) is 0 Å². The lowest BCUT2D eigenvalue weighted by Gasteiger charge is -2.29. The highest BCUT2D eigenvalue weighted by atomic mass is 16.5. The van der Waals surface area contributed by atoms with Gasteiger partial charge in [0.25, 0.3) is 11.8 Å². The number of nitrogens with one attached hydrogen (secondary N) is 2. The van der Waals surface area contributed by atoms with Crippen molar-refractivity contribution in [1.29, 1.82) is 0 Å². The zero-order chi connectivity index (χ0) is 22.4. The molecule has 1 atom stereocenters. The largest absolute Gasteiger partial charge is 0.379 e. The molecule has 1 saturated heterocycles. The van der Waals surface area contributed by atoms with Gasteiger partial charge in [0.15, 0.2) is 0 Å². The molecule has 1 aliphatic rings. The van der Waals surface area contributed by atoms with Crippen LogP contribution in [0.2, 0.25) is 0 Å². The predicted octanol–water partition coefficient (Wildman–Crippen LogP) is 1.53. The number of rotatable bonds is 7. The molecular formula is C23H30N4O4.